The van der Waals surface area contributed by atoms with Gasteiger partial charge in [0.25, 0.3) is 0 Å². The van der Waals surface area contributed by atoms with Crippen molar-refractivity contribution in [1.29, 1.82) is 0 Å². The highest BCUT2D eigenvalue weighted by molar-refractivity contribution is 6.30. The van der Waals surface area contributed by atoms with Crippen LogP contribution in [0.25, 0.3) is 0 Å². The van der Waals surface area contributed by atoms with Gasteiger partial charge in [-0.25, -0.2) is 5.01 Å². The van der Waals surface area contributed by atoms with Gasteiger partial charge in [0.2, 0.25) is 5.91 Å². The van der Waals surface area contributed by atoms with Crippen LogP contribution in [0.2, 0.25) is 5.02 Å². The zero-order valence-corrected chi connectivity index (χ0v) is 14.2. The number of carbonyl (C=O) groups is 1. The predicted octanol–water partition coefficient (Wildman–Crippen LogP) is 3.30. The zero-order valence-electron chi connectivity index (χ0n) is 13.4. The third-order valence-electron chi connectivity index (χ3n) is 4.76. The Morgan fingerprint density at radius 1 is 1.08 bits per heavy atom. The monoisotopic (exact) mass is 341 g/mol. The molecule has 2 saturated heterocycles. The summed E-state index contributed by atoms with van der Waals surface area (Å²) in [5, 5.41) is 4.85. The maximum atomic E-state index is 12.3. The number of hydrogen-bond donors (Lipinski definition) is 0. The van der Waals surface area contributed by atoms with E-state index < -0.39 is 0 Å². The van der Waals surface area contributed by atoms with E-state index in [0.717, 1.165) is 24.7 Å². The van der Waals surface area contributed by atoms with Gasteiger partial charge < -0.3 is 0 Å². The van der Waals surface area contributed by atoms with E-state index >= 15 is 0 Å². The molecule has 0 bridgehead atoms. The lowest BCUT2D eigenvalue weighted by Crippen LogP contribution is -2.55. The first-order chi connectivity index (χ1) is 11.7. The second-order valence-electron chi connectivity index (χ2n) is 6.42. The summed E-state index contributed by atoms with van der Waals surface area (Å²) in [6.07, 6.45) is 0.593. The van der Waals surface area contributed by atoms with E-state index in [1.165, 1.54) is 11.1 Å². The van der Waals surface area contributed by atoms with Crippen molar-refractivity contribution in [3.05, 3.63) is 70.7 Å². The molecular formula is C19H20ClN3O. The summed E-state index contributed by atoms with van der Waals surface area (Å²) in [6, 6.07) is 18.6. The van der Waals surface area contributed by atoms with Crippen LogP contribution in [0, 0.1) is 0 Å². The number of carbonyl (C=O) groups excluding carboxylic acids is 1. The number of hydrogen-bond acceptors (Lipinski definition) is 3. The number of benzene rings is 2. The molecule has 2 aromatic carbocycles. The number of halogens is 1. The van der Waals surface area contributed by atoms with Crippen molar-refractivity contribution in [1.82, 2.24) is 14.9 Å². The molecule has 1 atom stereocenters. The molecular weight excluding hydrogens is 322 g/mol. The van der Waals surface area contributed by atoms with E-state index in [9.17, 15) is 4.79 Å². The molecule has 0 spiro atoms. The molecule has 4 rings (SSSR count). The molecule has 2 heterocycles. The molecule has 2 fully saturated rings. The summed E-state index contributed by atoms with van der Waals surface area (Å²) in [5.41, 5.74) is 2.43. The Balaban J connectivity index is 1.61. The molecule has 4 nitrogen and oxygen atoms in total. The Labute approximate surface area is 147 Å². The van der Waals surface area contributed by atoms with E-state index in [-0.39, 0.29) is 11.9 Å². The maximum Gasteiger partial charge on any atom is 0.239 e. The lowest BCUT2D eigenvalue weighted by Gasteiger charge is -2.45. The average Bonchev–Trinajstić information content (AvgIpc) is 2.96. The van der Waals surface area contributed by atoms with Crippen LogP contribution in [0.4, 0.5) is 0 Å². The molecule has 0 saturated carbocycles. The van der Waals surface area contributed by atoms with Gasteiger partial charge in [0.1, 0.15) is 0 Å². The fourth-order valence-electron chi connectivity index (χ4n) is 3.62. The predicted molar refractivity (Wildman–Crippen MR) is 94.1 cm³/mol. The Hall–Kier alpha value is -1.88. The fourth-order valence-corrected chi connectivity index (χ4v) is 3.82. The molecule has 0 aliphatic carbocycles. The third kappa shape index (κ3) is 3.05. The van der Waals surface area contributed by atoms with Crippen molar-refractivity contribution in [3.8, 4) is 0 Å². The first kappa shape index (κ1) is 15.6. The van der Waals surface area contributed by atoms with Gasteiger partial charge in [-0.15, -0.1) is 0 Å². The molecule has 2 aliphatic heterocycles. The summed E-state index contributed by atoms with van der Waals surface area (Å²) in [5.74, 6) is 0.208. The minimum Gasteiger partial charge on any atom is -0.278 e. The number of rotatable bonds is 3. The highest BCUT2D eigenvalue weighted by Gasteiger charge is 2.40. The summed E-state index contributed by atoms with van der Waals surface area (Å²) >= 11 is 6.19. The fraction of sp³-hybridized carbons (Fsp3) is 0.316. The van der Waals surface area contributed by atoms with Crippen molar-refractivity contribution in [2.45, 2.75) is 19.0 Å². The van der Waals surface area contributed by atoms with Crippen LogP contribution >= 0.6 is 11.6 Å². The molecule has 1 unspecified atom stereocenters. The molecule has 1 amide bonds. The average molecular weight is 342 g/mol. The van der Waals surface area contributed by atoms with Gasteiger partial charge >= 0.3 is 0 Å². The number of amides is 1. The minimum absolute atomic E-state index is 0.160. The summed E-state index contributed by atoms with van der Waals surface area (Å²) in [4.78, 5) is 14.6. The van der Waals surface area contributed by atoms with Crippen LogP contribution in [-0.2, 0) is 11.3 Å². The van der Waals surface area contributed by atoms with Crippen LogP contribution in [0.5, 0.6) is 0 Å². The first-order valence-electron chi connectivity index (χ1n) is 8.29. The quantitative estimate of drug-likeness (QED) is 0.857. The Morgan fingerprint density at radius 2 is 1.92 bits per heavy atom. The van der Waals surface area contributed by atoms with Gasteiger partial charge in [-0.05, 0) is 23.3 Å². The maximum absolute atomic E-state index is 12.3. The van der Waals surface area contributed by atoms with Gasteiger partial charge in [-0.3, -0.25) is 14.7 Å². The second kappa shape index (κ2) is 6.55. The largest absolute Gasteiger partial charge is 0.278 e. The highest BCUT2D eigenvalue weighted by Crippen LogP contribution is 2.33. The van der Waals surface area contributed by atoms with Crippen molar-refractivity contribution in [2.75, 3.05) is 19.8 Å². The number of nitrogens with zero attached hydrogens (tertiary/aromatic N) is 3. The van der Waals surface area contributed by atoms with Crippen LogP contribution in [-0.4, -0.2) is 40.6 Å². The molecule has 2 aliphatic rings. The van der Waals surface area contributed by atoms with E-state index in [1.54, 1.807) is 0 Å². The molecule has 0 aromatic heterocycles. The standard InChI is InChI=1S/C19H20ClN3O/c20-17-8-4-7-16(11-17)18-13-21(12-15-5-2-1-3-6-15)14-23-19(24)9-10-22(18)23/h1-8,11,18H,9-10,12-14H2. The Bertz CT molecular complexity index is 736. The summed E-state index contributed by atoms with van der Waals surface area (Å²) < 4.78 is 0. The van der Waals surface area contributed by atoms with Gasteiger partial charge in [0.15, 0.2) is 0 Å². The van der Waals surface area contributed by atoms with Crippen LogP contribution < -0.4 is 0 Å². The normalized spacial score (nSPS) is 22.0. The van der Waals surface area contributed by atoms with E-state index in [0.29, 0.717) is 13.1 Å². The third-order valence-corrected chi connectivity index (χ3v) is 5.00. The highest BCUT2D eigenvalue weighted by atomic mass is 35.5. The van der Waals surface area contributed by atoms with Gasteiger partial charge in [-0.1, -0.05) is 54.1 Å². The van der Waals surface area contributed by atoms with Gasteiger partial charge in [0.05, 0.1) is 12.7 Å². The Kier molecular flexibility index (Phi) is 4.27. The topological polar surface area (TPSA) is 26.8 Å². The first-order valence-corrected chi connectivity index (χ1v) is 8.67. The van der Waals surface area contributed by atoms with Crippen LogP contribution in [0.1, 0.15) is 23.6 Å². The van der Waals surface area contributed by atoms with Crippen LogP contribution in [0.3, 0.4) is 0 Å². The van der Waals surface area contributed by atoms with E-state index in [4.69, 9.17) is 11.6 Å². The SMILES string of the molecule is O=C1CCN2C(c3cccc(Cl)c3)CN(Cc3ccccc3)CN12. The lowest BCUT2D eigenvalue weighted by atomic mass is 10.0. The smallest absolute Gasteiger partial charge is 0.239 e. The molecule has 0 N–H and O–H groups in total. The minimum atomic E-state index is 0.160. The molecule has 124 valence electrons. The molecule has 0 radical (unpaired) electrons. The van der Waals surface area contributed by atoms with Gasteiger partial charge in [-0.2, -0.15) is 0 Å². The van der Waals surface area contributed by atoms with Gasteiger partial charge in [0, 0.05) is 31.1 Å². The molecule has 2 aromatic rings. The van der Waals surface area contributed by atoms with E-state index in [2.05, 4.69) is 40.2 Å². The number of fused-ring (bicyclic) bond motifs is 1. The van der Waals surface area contributed by atoms with Crippen molar-refractivity contribution in [3.63, 3.8) is 0 Å². The summed E-state index contributed by atoms with van der Waals surface area (Å²) in [6.45, 7) is 3.18. The number of hydrazine groups is 1. The molecule has 24 heavy (non-hydrogen) atoms. The van der Waals surface area contributed by atoms with Crippen molar-refractivity contribution < 1.29 is 4.79 Å². The van der Waals surface area contributed by atoms with Crippen molar-refractivity contribution >= 4 is 17.5 Å². The van der Waals surface area contributed by atoms with E-state index in [1.807, 2.05) is 29.3 Å². The zero-order chi connectivity index (χ0) is 16.5. The van der Waals surface area contributed by atoms with Crippen LogP contribution in [0.15, 0.2) is 54.6 Å². The Morgan fingerprint density at radius 3 is 2.71 bits per heavy atom. The second-order valence-corrected chi connectivity index (χ2v) is 6.85. The van der Waals surface area contributed by atoms with Crippen molar-refractivity contribution in [2.24, 2.45) is 0 Å². The lowest BCUT2D eigenvalue weighted by molar-refractivity contribution is -0.158. The summed E-state index contributed by atoms with van der Waals surface area (Å²) in [7, 11) is 0. The molecule has 5 heteroatoms.